The third kappa shape index (κ3) is 7.02. The molecule has 0 spiro atoms. The van der Waals surface area contributed by atoms with Crippen molar-refractivity contribution in [1.82, 2.24) is 14.9 Å². The molecule has 0 radical (unpaired) electrons. The summed E-state index contributed by atoms with van der Waals surface area (Å²) in [6.07, 6.45) is 3.02. The van der Waals surface area contributed by atoms with Crippen LogP contribution in [0.2, 0.25) is 0 Å². The van der Waals surface area contributed by atoms with Gasteiger partial charge < -0.3 is 38.7 Å². The van der Waals surface area contributed by atoms with E-state index < -0.39 is 5.91 Å². The van der Waals surface area contributed by atoms with Gasteiger partial charge in [0.15, 0.2) is 22.9 Å². The van der Waals surface area contributed by atoms with Crippen LogP contribution in [0.5, 0.6) is 29.2 Å². The number of carbonyl (C=O) groups is 1. The van der Waals surface area contributed by atoms with Gasteiger partial charge in [-0.3, -0.25) is 9.69 Å². The number of aromatic nitrogens is 2. The fraction of sp³-hybridized carbons (Fsp3) is 0.559. The topological polar surface area (TPSA) is 129 Å². The normalized spacial score (nSPS) is 17.1. The van der Waals surface area contributed by atoms with Crippen molar-refractivity contribution in [3.63, 3.8) is 0 Å². The van der Waals surface area contributed by atoms with E-state index in [4.69, 9.17) is 28.1 Å². The van der Waals surface area contributed by atoms with E-state index in [1.54, 1.807) is 19.2 Å². The number of carbonyl (C=O) groups excluding carboxylic acids is 1. The number of methoxy groups -OCH3 is 3. The van der Waals surface area contributed by atoms with Gasteiger partial charge >= 0.3 is 0 Å². The van der Waals surface area contributed by atoms with Crippen LogP contribution in [-0.2, 0) is 15.6 Å². The van der Waals surface area contributed by atoms with E-state index in [-0.39, 0.29) is 40.0 Å². The molecule has 250 valence electrons. The molecule has 0 atom stereocenters. The van der Waals surface area contributed by atoms with E-state index in [0.29, 0.717) is 24.0 Å². The van der Waals surface area contributed by atoms with Gasteiger partial charge in [0, 0.05) is 31.3 Å². The molecule has 1 aromatic carbocycles. The molecule has 5 rings (SSSR count). The van der Waals surface area contributed by atoms with Gasteiger partial charge in [-0.05, 0) is 60.8 Å². The number of amides is 1. The molecular formula is C34H47N5O7. The first kappa shape index (κ1) is 33.3. The summed E-state index contributed by atoms with van der Waals surface area (Å²) in [4.78, 5) is 24.6. The van der Waals surface area contributed by atoms with Crippen molar-refractivity contribution in [2.45, 2.75) is 64.7 Å². The summed E-state index contributed by atoms with van der Waals surface area (Å²) in [5, 5.41) is 5.99. The van der Waals surface area contributed by atoms with Crippen LogP contribution in [0.25, 0.3) is 0 Å². The van der Waals surface area contributed by atoms with E-state index in [0.717, 1.165) is 63.2 Å². The summed E-state index contributed by atoms with van der Waals surface area (Å²) < 4.78 is 34.5. The van der Waals surface area contributed by atoms with Gasteiger partial charge in [-0.1, -0.05) is 33.8 Å². The number of anilines is 2. The Bertz CT molecular complexity index is 1520. The summed E-state index contributed by atoms with van der Waals surface area (Å²) in [7, 11) is 4.60. The number of nitrogens with one attached hydrogen (secondary N) is 2. The van der Waals surface area contributed by atoms with Crippen LogP contribution in [0, 0.1) is 6.92 Å². The molecule has 0 unspecified atom stereocenters. The number of ether oxygens (including phenoxy) is 5. The third-order valence-corrected chi connectivity index (χ3v) is 8.92. The predicted molar refractivity (Wildman–Crippen MR) is 175 cm³/mol. The van der Waals surface area contributed by atoms with Crippen LogP contribution < -0.4 is 29.6 Å². The van der Waals surface area contributed by atoms with Crippen LogP contribution in [0.1, 0.15) is 74.2 Å². The van der Waals surface area contributed by atoms with Crippen molar-refractivity contribution in [2.24, 2.45) is 0 Å². The first-order valence-electron chi connectivity index (χ1n) is 15.8. The van der Waals surface area contributed by atoms with Crippen molar-refractivity contribution in [3.8, 4) is 29.2 Å². The highest BCUT2D eigenvalue weighted by Crippen LogP contribution is 2.53. The number of benzene rings is 1. The zero-order chi connectivity index (χ0) is 33.1. The standard InChI is InChI=1S/C34H47N5O7/c1-21-20-22-25(34(4,5)13-12-33(22,2)3)28(41-6)27(21)46-24-11-10-23(45-24)29(40)36-26-30(42-7)37-32(38-31(26)43-8)35-14-9-15-39-16-18-44-19-17-39/h10-11,20H,9,12-19H2,1-8H3,(H,36,40)(H,35,37,38). The maximum atomic E-state index is 13.3. The quantitative estimate of drug-likeness (QED) is 0.229. The van der Waals surface area contributed by atoms with E-state index in [9.17, 15) is 4.79 Å². The number of hydrogen-bond acceptors (Lipinski definition) is 11. The fourth-order valence-electron chi connectivity index (χ4n) is 6.18. The Morgan fingerprint density at radius 1 is 0.957 bits per heavy atom. The summed E-state index contributed by atoms with van der Waals surface area (Å²) in [6, 6.07) is 5.34. The number of furan rings is 1. The summed E-state index contributed by atoms with van der Waals surface area (Å²) >= 11 is 0. The summed E-state index contributed by atoms with van der Waals surface area (Å²) in [5.74, 6) is 1.54. The highest BCUT2D eigenvalue weighted by molar-refractivity contribution is 6.03. The Hall–Kier alpha value is -4.03. The second kappa shape index (κ2) is 13.8. The summed E-state index contributed by atoms with van der Waals surface area (Å²) in [6.45, 7) is 16.0. The average Bonchev–Trinajstić information content (AvgIpc) is 3.52. The molecular weight excluding hydrogens is 590 g/mol. The van der Waals surface area contributed by atoms with Crippen molar-refractivity contribution < 1.29 is 32.9 Å². The van der Waals surface area contributed by atoms with Crippen LogP contribution in [0.3, 0.4) is 0 Å². The highest BCUT2D eigenvalue weighted by Gasteiger charge is 2.41. The molecule has 46 heavy (non-hydrogen) atoms. The number of fused-ring (bicyclic) bond motifs is 1. The predicted octanol–water partition coefficient (Wildman–Crippen LogP) is 5.93. The Morgan fingerprint density at radius 3 is 2.28 bits per heavy atom. The minimum Gasteiger partial charge on any atom is -0.493 e. The molecule has 2 aliphatic rings. The first-order chi connectivity index (χ1) is 22.0. The number of morpholine rings is 1. The molecule has 1 aliphatic carbocycles. The zero-order valence-corrected chi connectivity index (χ0v) is 28.3. The van der Waals surface area contributed by atoms with E-state index in [1.165, 1.54) is 19.8 Å². The molecule has 2 N–H and O–H groups in total. The fourth-order valence-corrected chi connectivity index (χ4v) is 6.18. The Morgan fingerprint density at radius 2 is 1.63 bits per heavy atom. The van der Waals surface area contributed by atoms with E-state index in [1.807, 2.05) is 6.92 Å². The molecule has 0 bridgehead atoms. The second-order valence-corrected chi connectivity index (χ2v) is 13.1. The van der Waals surface area contributed by atoms with Gasteiger partial charge in [0.25, 0.3) is 11.9 Å². The Kier molecular flexibility index (Phi) is 9.97. The molecule has 1 saturated heterocycles. The van der Waals surface area contributed by atoms with E-state index >= 15 is 0 Å². The Balaban J connectivity index is 1.30. The van der Waals surface area contributed by atoms with E-state index in [2.05, 4.69) is 59.3 Å². The lowest BCUT2D eigenvalue weighted by atomic mass is 9.62. The molecule has 12 nitrogen and oxygen atoms in total. The Labute approximate surface area is 271 Å². The maximum Gasteiger partial charge on any atom is 0.291 e. The second-order valence-electron chi connectivity index (χ2n) is 13.1. The monoisotopic (exact) mass is 637 g/mol. The van der Waals surface area contributed by atoms with Crippen LogP contribution in [-0.4, -0.2) is 81.5 Å². The number of aryl methyl sites for hydroxylation is 1. The van der Waals surface area contributed by atoms with Crippen LogP contribution in [0.4, 0.5) is 11.6 Å². The molecule has 0 saturated carbocycles. The minimum atomic E-state index is -0.543. The van der Waals surface area contributed by atoms with Crippen LogP contribution >= 0.6 is 0 Å². The van der Waals surface area contributed by atoms with Gasteiger partial charge in [0.1, 0.15) is 0 Å². The first-order valence-corrected chi connectivity index (χ1v) is 15.8. The van der Waals surface area contributed by atoms with Gasteiger partial charge in [0.2, 0.25) is 17.7 Å². The van der Waals surface area contributed by atoms with Gasteiger partial charge in [-0.2, -0.15) is 9.97 Å². The lowest BCUT2D eigenvalue weighted by Crippen LogP contribution is -2.37. The van der Waals surface area contributed by atoms with Crippen molar-refractivity contribution in [1.29, 1.82) is 0 Å². The van der Waals surface area contributed by atoms with Crippen molar-refractivity contribution in [3.05, 3.63) is 40.6 Å². The molecule has 1 amide bonds. The highest BCUT2D eigenvalue weighted by atomic mass is 16.6. The van der Waals surface area contributed by atoms with Crippen LogP contribution in [0.15, 0.2) is 22.6 Å². The maximum absolute atomic E-state index is 13.3. The minimum absolute atomic E-state index is 0.0144. The largest absolute Gasteiger partial charge is 0.493 e. The lowest BCUT2D eigenvalue weighted by molar-refractivity contribution is 0.0378. The third-order valence-electron chi connectivity index (χ3n) is 8.92. The molecule has 1 fully saturated rings. The van der Waals surface area contributed by atoms with Gasteiger partial charge in [0.05, 0.1) is 34.5 Å². The van der Waals surface area contributed by atoms with Gasteiger partial charge in [-0.25, -0.2) is 0 Å². The molecule has 3 aromatic rings. The molecule has 2 aromatic heterocycles. The van der Waals surface area contributed by atoms with Gasteiger partial charge in [-0.15, -0.1) is 0 Å². The number of nitrogens with zero attached hydrogens (tertiary/aromatic N) is 3. The molecule has 3 heterocycles. The van der Waals surface area contributed by atoms with Crippen molar-refractivity contribution in [2.75, 3.05) is 71.4 Å². The smallest absolute Gasteiger partial charge is 0.291 e. The average molecular weight is 638 g/mol. The summed E-state index contributed by atoms with van der Waals surface area (Å²) in [5.41, 5.74) is 3.44. The van der Waals surface area contributed by atoms with Crippen molar-refractivity contribution >= 4 is 17.5 Å². The number of rotatable bonds is 12. The SMILES string of the molecule is COc1nc(NCCCN2CCOCC2)nc(OC)c1NC(=O)c1ccc(Oc2c(C)cc3c(c2OC)C(C)(C)CCC3(C)C)o1. The number of hydrogen-bond donors (Lipinski definition) is 2. The zero-order valence-electron chi connectivity index (χ0n) is 28.3. The molecule has 12 heteroatoms. The molecule has 1 aliphatic heterocycles. The lowest BCUT2D eigenvalue weighted by Gasteiger charge is -2.43.